The molecule has 1 aromatic rings. The molecule has 2 atom stereocenters. The van der Waals surface area contributed by atoms with Gasteiger partial charge in [-0.2, -0.15) is 0 Å². The first kappa shape index (κ1) is 12.1. The first-order valence-electron chi connectivity index (χ1n) is 6.39. The van der Waals surface area contributed by atoms with Crippen LogP contribution in [0.4, 0.5) is 0 Å². The summed E-state index contributed by atoms with van der Waals surface area (Å²) in [5.74, 6) is -0.492. The summed E-state index contributed by atoms with van der Waals surface area (Å²) in [6.45, 7) is 0. The number of hydrogen-bond acceptors (Lipinski definition) is 2. The highest BCUT2D eigenvalue weighted by molar-refractivity contribution is 5.70. The first-order valence-corrected chi connectivity index (χ1v) is 6.39. The molecule has 17 heavy (non-hydrogen) atoms. The van der Waals surface area contributed by atoms with Gasteiger partial charge in [-0.25, -0.2) is 0 Å². The third-order valence-electron chi connectivity index (χ3n) is 3.72. The van der Waals surface area contributed by atoms with Gasteiger partial charge in [0.2, 0.25) is 0 Å². The molecule has 2 unspecified atom stereocenters. The maximum absolute atomic E-state index is 11.3. The Morgan fingerprint density at radius 1 is 1.24 bits per heavy atom. The predicted octanol–water partition coefficient (Wildman–Crippen LogP) is 2.91. The van der Waals surface area contributed by atoms with E-state index in [1.807, 2.05) is 12.1 Å². The van der Waals surface area contributed by atoms with Crippen molar-refractivity contribution in [1.29, 1.82) is 0 Å². The number of carboxylic acids is 1. The molecule has 1 aliphatic carbocycles. The maximum atomic E-state index is 11.3. The fourth-order valence-corrected chi connectivity index (χ4v) is 2.78. The van der Waals surface area contributed by atoms with Crippen LogP contribution in [0.2, 0.25) is 0 Å². The van der Waals surface area contributed by atoms with E-state index in [0.717, 1.165) is 25.7 Å². The van der Waals surface area contributed by atoms with E-state index in [4.69, 9.17) is 0 Å². The van der Waals surface area contributed by atoms with Crippen LogP contribution in [0.1, 0.15) is 37.7 Å². The van der Waals surface area contributed by atoms with Crippen molar-refractivity contribution >= 4 is 5.97 Å². The lowest BCUT2D eigenvalue weighted by Crippen LogP contribution is -2.24. The Bertz CT molecular complexity index is 364. The number of pyridine rings is 1. The maximum Gasteiger partial charge on any atom is 0.306 e. The topological polar surface area (TPSA) is 50.2 Å². The van der Waals surface area contributed by atoms with Crippen molar-refractivity contribution in [2.24, 2.45) is 11.8 Å². The summed E-state index contributed by atoms with van der Waals surface area (Å²) in [5.41, 5.74) is 1.21. The molecule has 3 nitrogen and oxygen atoms in total. The van der Waals surface area contributed by atoms with Gasteiger partial charge in [0.15, 0.2) is 0 Å². The number of carbonyl (C=O) groups is 1. The van der Waals surface area contributed by atoms with Crippen LogP contribution < -0.4 is 0 Å². The molecule has 0 amide bonds. The molecule has 1 fully saturated rings. The van der Waals surface area contributed by atoms with Crippen LogP contribution in [0.5, 0.6) is 0 Å². The Morgan fingerprint density at radius 2 is 1.94 bits per heavy atom. The average molecular weight is 233 g/mol. The fraction of sp³-hybridized carbons (Fsp3) is 0.571. The third-order valence-corrected chi connectivity index (χ3v) is 3.72. The van der Waals surface area contributed by atoms with E-state index < -0.39 is 5.97 Å². The van der Waals surface area contributed by atoms with E-state index in [1.54, 1.807) is 12.4 Å². The molecule has 1 aliphatic rings. The van der Waals surface area contributed by atoms with Crippen LogP contribution >= 0.6 is 0 Å². The minimum Gasteiger partial charge on any atom is -0.481 e. The van der Waals surface area contributed by atoms with Crippen molar-refractivity contribution in [3.05, 3.63) is 30.1 Å². The van der Waals surface area contributed by atoms with Gasteiger partial charge in [0.25, 0.3) is 0 Å². The summed E-state index contributed by atoms with van der Waals surface area (Å²) in [4.78, 5) is 15.3. The van der Waals surface area contributed by atoms with Crippen LogP contribution in [-0.4, -0.2) is 16.1 Å². The third kappa shape index (κ3) is 3.29. The van der Waals surface area contributed by atoms with Crippen LogP contribution in [0, 0.1) is 11.8 Å². The van der Waals surface area contributed by atoms with Gasteiger partial charge in [-0.1, -0.05) is 19.3 Å². The molecule has 0 spiro atoms. The van der Waals surface area contributed by atoms with E-state index in [2.05, 4.69) is 4.98 Å². The number of rotatable bonds is 3. The highest BCUT2D eigenvalue weighted by Gasteiger charge is 2.29. The van der Waals surface area contributed by atoms with Crippen molar-refractivity contribution in [3.63, 3.8) is 0 Å². The number of nitrogens with zero attached hydrogens (tertiary/aromatic N) is 1. The molecular weight excluding hydrogens is 214 g/mol. The van der Waals surface area contributed by atoms with Crippen LogP contribution in [0.25, 0.3) is 0 Å². The summed E-state index contributed by atoms with van der Waals surface area (Å²) < 4.78 is 0. The normalized spacial score (nSPS) is 25.2. The van der Waals surface area contributed by atoms with Crippen LogP contribution in [0.3, 0.4) is 0 Å². The van der Waals surface area contributed by atoms with E-state index in [9.17, 15) is 9.90 Å². The van der Waals surface area contributed by atoms with Crippen molar-refractivity contribution in [2.45, 2.75) is 38.5 Å². The smallest absolute Gasteiger partial charge is 0.306 e. The lowest BCUT2D eigenvalue weighted by atomic mass is 9.83. The minimum atomic E-state index is -0.619. The van der Waals surface area contributed by atoms with E-state index in [-0.39, 0.29) is 11.8 Å². The fourth-order valence-electron chi connectivity index (χ4n) is 2.78. The zero-order chi connectivity index (χ0) is 12.1. The number of aromatic nitrogens is 1. The Morgan fingerprint density at radius 3 is 2.65 bits per heavy atom. The van der Waals surface area contributed by atoms with Gasteiger partial charge in [-0.3, -0.25) is 9.78 Å². The molecule has 0 radical (unpaired) electrons. The molecule has 1 N–H and O–H groups in total. The molecule has 2 rings (SSSR count). The molecule has 0 aromatic carbocycles. The molecule has 1 aromatic heterocycles. The first-order chi connectivity index (χ1) is 8.27. The number of aliphatic carboxylic acids is 1. The molecular formula is C14H19NO2. The SMILES string of the molecule is O=C(O)C1CCCCCC1Cc1ccncc1. The van der Waals surface area contributed by atoms with Crippen molar-refractivity contribution in [1.82, 2.24) is 4.98 Å². The summed E-state index contributed by atoms with van der Waals surface area (Å²) >= 11 is 0. The minimum absolute atomic E-state index is 0.161. The van der Waals surface area contributed by atoms with Crippen LogP contribution in [-0.2, 0) is 11.2 Å². The van der Waals surface area contributed by atoms with Gasteiger partial charge < -0.3 is 5.11 Å². The quantitative estimate of drug-likeness (QED) is 0.817. The highest BCUT2D eigenvalue weighted by Crippen LogP contribution is 2.31. The second kappa shape index (κ2) is 5.80. The van der Waals surface area contributed by atoms with Crippen molar-refractivity contribution in [3.8, 4) is 0 Å². The summed E-state index contributed by atoms with van der Waals surface area (Å²) in [6.07, 6.45) is 9.72. The van der Waals surface area contributed by atoms with Crippen molar-refractivity contribution in [2.75, 3.05) is 0 Å². The van der Waals surface area contributed by atoms with Gasteiger partial charge in [0.05, 0.1) is 5.92 Å². The summed E-state index contributed by atoms with van der Waals surface area (Å²) in [6, 6.07) is 3.98. The standard InChI is InChI=1S/C14H19NO2/c16-14(17)13-5-3-1-2-4-12(13)10-11-6-8-15-9-7-11/h6-9,12-13H,1-5,10H2,(H,16,17). The highest BCUT2D eigenvalue weighted by atomic mass is 16.4. The lowest BCUT2D eigenvalue weighted by Gasteiger charge is -2.21. The second-order valence-electron chi connectivity index (χ2n) is 4.90. The Hall–Kier alpha value is -1.38. The second-order valence-corrected chi connectivity index (χ2v) is 4.90. The van der Waals surface area contributed by atoms with E-state index in [0.29, 0.717) is 0 Å². The Kier molecular flexibility index (Phi) is 4.13. The summed E-state index contributed by atoms with van der Waals surface area (Å²) in [5, 5.41) is 9.30. The molecule has 1 heterocycles. The van der Waals surface area contributed by atoms with Gasteiger partial charge in [0, 0.05) is 12.4 Å². The summed E-state index contributed by atoms with van der Waals surface area (Å²) in [7, 11) is 0. The largest absolute Gasteiger partial charge is 0.481 e. The molecule has 0 saturated heterocycles. The lowest BCUT2D eigenvalue weighted by molar-refractivity contribution is -0.143. The zero-order valence-corrected chi connectivity index (χ0v) is 10.0. The zero-order valence-electron chi connectivity index (χ0n) is 10.0. The monoisotopic (exact) mass is 233 g/mol. The predicted molar refractivity (Wildman–Crippen MR) is 65.6 cm³/mol. The van der Waals surface area contributed by atoms with Crippen LogP contribution in [0.15, 0.2) is 24.5 Å². The molecule has 0 aliphatic heterocycles. The molecule has 0 bridgehead atoms. The Labute approximate surface area is 102 Å². The van der Waals surface area contributed by atoms with Gasteiger partial charge in [0.1, 0.15) is 0 Å². The van der Waals surface area contributed by atoms with E-state index >= 15 is 0 Å². The van der Waals surface area contributed by atoms with Gasteiger partial charge in [-0.05, 0) is 42.9 Å². The number of carboxylic acid groups (broad SMARTS) is 1. The molecule has 3 heteroatoms. The Balaban J connectivity index is 2.07. The number of hydrogen-bond donors (Lipinski definition) is 1. The van der Waals surface area contributed by atoms with E-state index in [1.165, 1.54) is 18.4 Å². The molecule has 92 valence electrons. The van der Waals surface area contributed by atoms with Crippen molar-refractivity contribution < 1.29 is 9.90 Å². The average Bonchev–Trinajstić information content (AvgIpc) is 2.56. The molecule has 1 saturated carbocycles. The van der Waals surface area contributed by atoms with Gasteiger partial charge in [-0.15, -0.1) is 0 Å². The van der Waals surface area contributed by atoms with Gasteiger partial charge >= 0.3 is 5.97 Å².